The van der Waals surface area contributed by atoms with Crippen LogP contribution in [0.2, 0.25) is 0 Å². The minimum absolute atomic E-state index is 0.0624. The summed E-state index contributed by atoms with van der Waals surface area (Å²) >= 11 is 1.77. The van der Waals surface area contributed by atoms with Gasteiger partial charge in [0.05, 0.1) is 30.4 Å². The number of ether oxygens (including phenoxy) is 1. The number of benzene rings is 2. The molecule has 2 aromatic carbocycles. The second-order valence-electron chi connectivity index (χ2n) is 7.26. The fourth-order valence-electron chi connectivity index (χ4n) is 3.53. The first-order valence-electron chi connectivity index (χ1n) is 9.88. The summed E-state index contributed by atoms with van der Waals surface area (Å²) in [5.74, 6) is 0.869. The van der Waals surface area contributed by atoms with Crippen LogP contribution in [0.25, 0.3) is 10.2 Å². The average Bonchev–Trinajstić information content (AvgIpc) is 3.16. The summed E-state index contributed by atoms with van der Waals surface area (Å²) < 4.78 is 6.47. The molecular formula is C22H26N4O2S. The second-order valence-corrected chi connectivity index (χ2v) is 8.37. The van der Waals surface area contributed by atoms with Gasteiger partial charge in [0, 0.05) is 32.7 Å². The monoisotopic (exact) mass is 410 g/mol. The van der Waals surface area contributed by atoms with Gasteiger partial charge in [-0.05, 0) is 29.8 Å². The normalized spacial score (nSPS) is 15.5. The molecule has 0 radical (unpaired) electrons. The lowest BCUT2D eigenvalue weighted by molar-refractivity contribution is -0.122. The number of aromatic nitrogens is 1. The number of carbonyl (C=O) groups is 1. The molecule has 1 aromatic heterocycles. The number of nitrogens with zero attached hydrogens (tertiary/aromatic N) is 3. The number of rotatable bonds is 7. The third-order valence-electron chi connectivity index (χ3n) is 5.15. The fraction of sp³-hybridized carbons (Fsp3) is 0.364. The quantitative estimate of drug-likeness (QED) is 0.649. The predicted octanol–water partition coefficient (Wildman–Crippen LogP) is 2.74. The van der Waals surface area contributed by atoms with Gasteiger partial charge in [-0.2, -0.15) is 0 Å². The number of hydrogen-bond acceptors (Lipinski definition) is 6. The van der Waals surface area contributed by atoms with Gasteiger partial charge in [-0.15, -0.1) is 11.3 Å². The van der Waals surface area contributed by atoms with E-state index in [1.165, 1.54) is 4.70 Å². The second kappa shape index (κ2) is 9.35. The fourth-order valence-corrected chi connectivity index (χ4v) is 4.54. The Labute approximate surface area is 175 Å². The molecule has 0 saturated carbocycles. The molecule has 0 atom stereocenters. The molecule has 0 bridgehead atoms. The number of hydrogen-bond donors (Lipinski definition) is 1. The van der Waals surface area contributed by atoms with Crippen LogP contribution in [0.3, 0.4) is 0 Å². The van der Waals surface area contributed by atoms with Crippen LogP contribution < -0.4 is 10.1 Å². The van der Waals surface area contributed by atoms with Gasteiger partial charge in [-0.3, -0.25) is 14.6 Å². The van der Waals surface area contributed by atoms with Crippen molar-refractivity contribution in [2.75, 3.05) is 39.8 Å². The summed E-state index contributed by atoms with van der Waals surface area (Å²) in [5, 5.41) is 4.17. The maximum Gasteiger partial charge on any atom is 0.234 e. The molecule has 1 aliphatic heterocycles. The number of amides is 1. The van der Waals surface area contributed by atoms with Crippen molar-refractivity contribution in [1.29, 1.82) is 0 Å². The van der Waals surface area contributed by atoms with Crippen LogP contribution >= 0.6 is 11.3 Å². The number of carbonyl (C=O) groups excluding carboxylic acids is 1. The zero-order chi connectivity index (χ0) is 20.1. The van der Waals surface area contributed by atoms with Crippen LogP contribution in [-0.4, -0.2) is 60.5 Å². The van der Waals surface area contributed by atoms with Gasteiger partial charge in [0.25, 0.3) is 0 Å². The zero-order valence-corrected chi connectivity index (χ0v) is 17.5. The molecule has 1 amide bonds. The summed E-state index contributed by atoms with van der Waals surface area (Å²) in [6.45, 7) is 5.56. The van der Waals surface area contributed by atoms with Crippen LogP contribution in [0, 0.1) is 0 Å². The molecular weight excluding hydrogens is 384 g/mol. The van der Waals surface area contributed by atoms with E-state index >= 15 is 0 Å². The van der Waals surface area contributed by atoms with Gasteiger partial charge < -0.3 is 10.1 Å². The molecule has 3 aromatic rings. The van der Waals surface area contributed by atoms with Crippen molar-refractivity contribution in [3.05, 3.63) is 59.1 Å². The number of nitrogens with one attached hydrogen (secondary N) is 1. The van der Waals surface area contributed by atoms with Gasteiger partial charge in [-0.1, -0.05) is 24.3 Å². The highest BCUT2D eigenvalue weighted by Gasteiger charge is 2.20. The van der Waals surface area contributed by atoms with E-state index in [1.54, 1.807) is 18.4 Å². The Hall–Kier alpha value is -2.48. The third-order valence-corrected chi connectivity index (χ3v) is 6.17. The Balaban J connectivity index is 1.20. The molecule has 1 aliphatic rings. The molecule has 0 unspecified atom stereocenters. The third kappa shape index (κ3) is 5.32. The van der Waals surface area contributed by atoms with Crippen molar-refractivity contribution >= 4 is 27.5 Å². The van der Waals surface area contributed by atoms with Crippen molar-refractivity contribution in [2.45, 2.75) is 13.1 Å². The molecule has 1 saturated heterocycles. The number of methoxy groups -OCH3 is 1. The van der Waals surface area contributed by atoms with E-state index in [0.29, 0.717) is 13.1 Å². The van der Waals surface area contributed by atoms with Crippen LogP contribution in [0.5, 0.6) is 5.75 Å². The lowest BCUT2D eigenvalue weighted by Crippen LogP contribution is -2.49. The molecule has 1 N–H and O–H groups in total. The highest BCUT2D eigenvalue weighted by atomic mass is 32.1. The standard InChI is InChI=1S/C22H26N4O2S/c1-28-18-6-4-5-17(13-18)14-23-21(27)15-25-9-11-26(12-10-25)16-22-24-19-7-2-3-8-20(19)29-22/h2-8,13H,9-12,14-16H2,1H3,(H,23,27). The number of thiazole rings is 1. The first-order valence-corrected chi connectivity index (χ1v) is 10.7. The van der Waals surface area contributed by atoms with Crippen molar-refractivity contribution < 1.29 is 9.53 Å². The Morgan fingerprint density at radius 2 is 1.90 bits per heavy atom. The van der Waals surface area contributed by atoms with Gasteiger partial charge in [-0.25, -0.2) is 4.98 Å². The van der Waals surface area contributed by atoms with Crippen molar-refractivity contribution in [3.8, 4) is 5.75 Å². The van der Waals surface area contributed by atoms with Gasteiger partial charge >= 0.3 is 0 Å². The Bertz CT molecular complexity index is 933. The van der Waals surface area contributed by atoms with E-state index in [2.05, 4.69) is 33.3 Å². The minimum atomic E-state index is 0.0624. The van der Waals surface area contributed by atoms with Crippen molar-refractivity contribution in [3.63, 3.8) is 0 Å². The van der Waals surface area contributed by atoms with Crippen LogP contribution in [0.15, 0.2) is 48.5 Å². The molecule has 4 rings (SSSR count). The van der Waals surface area contributed by atoms with Gasteiger partial charge in [0.15, 0.2) is 0 Å². The highest BCUT2D eigenvalue weighted by Crippen LogP contribution is 2.23. The van der Waals surface area contributed by atoms with E-state index in [9.17, 15) is 4.79 Å². The molecule has 29 heavy (non-hydrogen) atoms. The Morgan fingerprint density at radius 1 is 1.10 bits per heavy atom. The molecule has 1 fully saturated rings. The molecule has 6 nitrogen and oxygen atoms in total. The summed E-state index contributed by atoms with van der Waals surface area (Å²) in [6.07, 6.45) is 0. The first-order chi connectivity index (χ1) is 14.2. The van der Waals surface area contributed by atoms with Crippen molar-refractivity contribution in [2.24, 2.45) is 0 Å². The molecule has 152 valence electrons. The Morgan fingerprint density at radius 3 is 2.69 bits per heavy atom. The highest BCUT2D eigenvalue weighted by molar-refractivity contribution is 7.18. The SMILES string of the molecule is COc1cccc(CNC(=O)CN2CCN(Cc3nc4ccccc4s3)CC2)c1. The molecule has 0 spiro atoms. The van der Waals surface area contributed by atoms with Gasteiger partial charge in [0.1, 0.15) is 10.8 Å². The van der Waals surface area contributed by atoms with E-state index in [0.717, 1.165) is 54.6 Å². The molecule has 7 heteroatoms. The Kier molecular flexibility index (Phi) is 6.39. The minimum Gasteiger partial charge on any atom is -0.497 e. The maximum absolute atomic E-state index is 12.3. The summed E-state index contributed by atoms with van der Waals surface area (Å²) in [6, 6.07) is 16.1. The van der Waals surface area contributed by atoms with E-state index < -0.39 is 0 Å². The van der Waals surface area contributed by atoms with Crippen LogP contribution in [-0.2, 0) is 17.9 Å². The number of fused-ring (bicyclic) bond motifs is 1. The largest absolute Gasteiger partial charge is 0.497 e. The lowest BCUT2D eigenvalue weighted by atomic mass is 10.2. The maximum atomic E-state index is 12.3. The zero-order valence-electron chi connectivity index (χ0n) is 16.6. The topological polar surface area (TPSA) is 57.7 Å². The van der Waals surface area contributed by atoms with E-state index in [4.69, 9.17) is 9.72 Å². The van der Waals surface area contributed by atoms with Gasteiger partial charge in [0.2, 0.25) is 5.91 Å². The van der Waals surface area contributed by atoms with Crippen molar-refractivity contribution in [1.82, 2.24) is 20.1 Å². The van der Waals surface area contributed by atoms with Crippen LogP contribution in [0.4, 0.5) is 0 Å². The summed E-state index contributed by atoms with van der Waals surface area (Å²) in [7, 11) is 1.65. The number of piperazine rings is 1. The lowest BCUT2D eigenvalue weighted by Gasteiger charge is -2.33. The molecule has 0 aliphatic carbocycles. The predicted molar refractivity (Wildman–Crippen MR) is 116 cm³/mol. The van der Waals surface area contributed by atoms with E-state index in [1.807, 2.05) is 30.3 Å². The smallest absolute Gasteiger partial charge is 0.234 e. The van der Waals surface area contributed by atoms with E-state index in [-0.39, 0.29) is 5.91 Å². The average molecular weight is 411 g/mol. The summed E-state index contributed by atoms with van der Waals surface area (Å²) in [4.78, 5) is 21.7. The number of para-hydroxylation sites is 1. The molecule has 2 heterocycles. The first kappa shape index (κ1) is 19.8. The van der Waals surface area contributed by atoms with Crippen LogP contribution in [0.1, 0.15) is 10.6 Å². The summed E-state index contributed by atoms with van der Waals surface area (Å²) in [5.41, 5.74) is 2.12.